The molecule has 0 aliphatic heterocycles. The molecule has 1 nitrogen and oxygen atoms in total. The molecule has 0 aromatic heterocycles. The lowest BCUT2D eigenvalue weighted by atomic mass is 9.73. The van der Waals surface area contributed by atoms with E-state index in [1.807, 2.05) is 0 Å². The second-order valence-electron chi connectivity index (χ2n) is 7.63. The SMILES string of the molecule is c1cc(C2CCC2)cc(C2CCCCC2CNC2CC2)c1. The van der Waals surface area contributed by atoms with Crippen molar-refractivity contribution in [3.8, 4) is 0 Å². The van der Waals surface area contributed by atoms with Gasteiger partial charge in [0.25, 0.3) is 0 Å². The summed E-state index contributed by atoms with van der Waals surface area (Å²) in [6, 6.07) is 10.5. The zero-order valence-corrected chi connectivity index (χ0v) is 13.2. The van der Waals surface area contributed by atoms with Crippen molar-refractivity contribution < 1.29 is 0 Å². The van der Waals surface area contributed by atoms with Crippen molar-refractivity contribution in [2.24, 2.45) is 5.92 Å². The summed E-state index contributed by atoms with van der Waals surface area (Å²) >= 11 is 0. The van der Waals surface area contributed by atoms with E-state index in [1.54, 1.807) is 11.1 Å². The van der Waals surface area contributed by atoms with Crippen LogP contribution < -0.4 is 5.32 Å². The minimum Gasteiger partial charge on any atom is -0.314 e. The highest BCUT2D eigenvalue weighted by Crippen LogP contribution is 2.41. The monoisotopic (exact) mass is 283 g/mol. The highest BCUT2D eigenvalue weighted by molar-refractivity contribution is 5.30. The van der Waals surface area contributed by atoms with Gasteiger partial charge in [0.2, 0.25) is 0 Å². The summed E-state index contributed by atoms with van der Waals surface area (Å²) < 4.78 is 0. The molecule has 2 unspecified atom stereocenters. The van der Waals surface area contributed by atoms with E-state index in [0.29, 0.717) is 0 Å². The average Bonchev–Trinajstić information content (AvgIpc) is 3.28. The maximum atomic E-state index is 3.79. The summed E-state index contributed by atoms with van der Waals surface area (Å²) in [6.07, 6.45) is 12.8. The number of hydrogen-bond donors (Lipinski definition) is 1. The minimum atomic E-state index is 0.810. The van der Waals surface area contributed by atoms with Gasteiger partial charge in [-0.1, -0.05) is 43.5 Å². The molecule has 0 heterocycles. The molecule has 3 aliphatic carbocycles. The molecule has 21 heavy (non-hydrogen) atoms. The summed E-state index contributed by atoms with van der Waals surface area (Å²) in [5.41, 5.74) is 3.26. The number of rotatable bonds is 5. The van der Waals surface area contributed by atoms with Gasteiger partial charge < -0.3 is 5.32 Å². The molecule has 1 aromatic rings. The fourth-order valence-electron chi connectivity index (χ4n) is 4.28. The third-order valence-corrected chi connectivity index (χ3v) is 6.07. The molecule has 0 radical (unpaired) electrons. The molecule has 4 rings (SSSR count). The summed E-state index contributed by atoms with van der Waals surface area (Å²) in [5, 5.41) is 3.79. The zero-order valence-electron chi connectivity index (χ0n) is 13.2. The summed E-state index contributed by atoms with van der Waals surface area (Å²) in [4.78, 5) is 0. The molecule has 114 valence electrons. The number of hydrogen-bond acceptors (Lipinski definition) is 1. The number of benzene rings is 1. The van der Waals surface area contributed by atoms with Gasteiger partial charge in [0, 0.05) is 6.04 Å². The fourth-order valence-corrected chi connectivity index (χ4v) is 4.28. The van der Waals surface area contributed by atoms with Gasteiger partial charge in [-0.15, -0.1) is 0 Å². The van der Waals surface area contributed by atoms with E-state index >= 15 is 0 Å². The topological polar surface area (TPSA) is 12.0 Å². The first kappa shape index (κ1) is 13.8. The molecule has 1 aromatic carbocycles. The second kappa shape index (κ2) is 6.12. The highest BCUT2D eigenvalue weighted by Gasteiger charge is 2.29. The Morgan fingerprint density at radius 3 is 2.43 bits per heavy atom. The van der Waals surface area contributed by atoms with Crippen molar-refractivity contribution in [1.82, 2.24) is 5.32 Å². The van der Waals surface area contributed by atoms with Gasteiger partial charge in [-0.3, -0.25) is 0 Å². The van der Waals surface area contributed by atoms with Crippen LogP contribution >= 0.6 is 0 Å². The van der Waals surface area contributed by atoms with Crippen LogP contribution in [0.3, 0.4) is 0 Å². The largest absolute Gasteiger partial charge is 0.314 e. The minimum absolute atomic E-state index is 0.810. The standard InChI is InChI=1S/C20H29N/c1-2-10-20(18(5-1)14-21-19-11-12-19)17-9-4-8-16(13-17)15-6-3-7-15/h4,8-9,13,15,18-21H,1-3,5-7,10-12,14H2. The Morgan fingerprint density at radius 1 is 0.857 bits per heavy atom. The van der Waals surface area contributed by atoms with Crippen LogP contribution in [0, 0.1) is 5.92 Å². The zero-order chi connectivity index (χ0) is 14.1. The van der Waals surface area contributed by atoms with E-state index in [9.17, 15) is 0 Å². The average molecular weight is 283 g/mol. The van der Waals surface area contributed by atoms with E-state index in [2.05, 4.69) is 29.6 Å². The van der Waals surface area contributed by atoms with Crippen molar-refractivity contribution >= 4 is 0 Å². The Hall–Kier alpha value is -0.820. The lowest BCUT2D eigenvalue weighted by molar-refractivity contribution is 0.294. The summed E-state index contributed by atoms with van der Waals surface area (Å²) in [6.45, 7) is 1.25. The third kappa shape index (κ3) is 3.18. The van der Waals surface area contributed by atoms with Crippen molar-refractivity contribution in [2.45, 2.75) is 75.7 Å². The quantitative estimate of drug-likeness (QED) is 0.803. The van der Waals surface area contributed by atoms with Crippen molar-refractivity contribution in [2.75, 3.05) is 6.54 Å². The second-order valence-corrected chi connectivity index (χ2v) is 7.63. The van der Waals surface area contributed by atoms with Crippen LogP contribution in [-0.2, 0) is 0 Å². The van der Waals surface area contributed by atoms with Crippen molar-refractivity contribution in [3.63, 3.8) is 0 Å². The van der Waals surface area contributed by atoms with Gasteiger partial charge in [-0.25, -0.2) is 0 Å². The normalized spacial score (nSPS) is 30.1. The molecule has 3 fully saturated rings. The maximum Gasteiger partial charge on any atom is 0.00683 e. The fraction of sp³-hybridized carbons (Fsp3) is 0.700. The Bertz CT molecular complexity index is 472. The van der Waals surface area contributed by atoms with Gasteiger partial charge in [-0.2, -0.15) is 0 Å². The number of nitrogens with one attached hydrogen (secondary N) is 1. The highest BCUT2D eigenvalue weighted by atomic mass is 14.9. The molecule has 0 spiro atoms. The maximum absolute atomic E-state index is 3.79. The Morgan fingerprint density at radius 2 is 1.67 bits per heavy atom. The first-order chi connectivity index (χ1) is 10.4. The van der Waals surface area contributed by atoms with Crippen LogP contribution in [0.15, 0.2) is 24.3 Å². The first-order valence-corrected chi connectivity index (χ1v) is 9.23. The predicted octanol–water partition coefficient (Wildman–Crippen LogP) is 4.98. The molecular weight excluding hydrogens is 254 g/mol. The van der Waals surface area contributed by atoms with E-state index in [0.717, 1.165) is 23.8 Å². The predicted molar refractivity (Wildman–Crippen MR) is 88.8 cm³/mol. The Kier molecular flexibility index (Phi) is 4.03. The van der Waals surface area contributed by atoms with Gasteiger partial charge in [-0.05, 0) is 74.0 Å². The van der Waals surface area contributed by atoms with Gasteiger partial charge in [0.05, 0.1) is 0 Å². The van der Waals surface area contributed by atoms with E-state index in [4.69, 9.17) is 0 Å². The summed E-state index contributed by atoms with van der Waals surface area (Å²) in [5.74, 6) is 2.55. The smallest absolute Gasteiger partial charge is 0.00683 e. The van der Waals surface area contributed by atoms with E-state index in [1.165, 1.54) is 64.3 Å². The van der Waals surface area contributed by atoms with Crippen molar-refractivity contribution in [3.05, 3.63) is 35.4 Å². The van der Waals surface area contributed by atoms with E-state index < -0.39 is 0 Å². The lowest BCUT2D eigenvalue weighted by Crippen LogP contribution is -2.30. The molecule has 0 bridgehead atoms. The first-order valence-electron chi connectivity index (χ1n) is 9.23. The molecular formula is C20H29N. The molecule has 0 amide bonds. The van der Waals surface area contributed by atoms with Crippen LogP contribution in [0.2, 0.25) is 0 Å². The van der Waals surface area contributed by atoms with Gasteiger partial charge in [0.1, 0.15) is 0 Å². The molecule has 3 aliphatic rings. The van der Waals surface area contributed by atoms with Crippen LogP contribution in [-0.4, -0.2) is 12.6 Å². The van der Waals surface area contributed by atoms with Crippen LogP contribution in [0.1, 0.15) is 80.8 Å². The van der Waals surface area contributed by atoms with Crippen LogP contribution in [0.25, 0.3) is 0 Å². The Balaban J connectivity index is 1.48. The van der Waals surface area contributed by atoms with Gasteiger partial charge in [0.15, 0.2) is 0 Å². The molecule has 3 saturated carbocycles. The molecule has 1 N–H and O–H groups in total. The molecule has 2 atom stereocenters. The van der Waals surface area contributed by atoms with Crippen molar-refractivity contribution in [1.29, 1.82) is 0 Å². The Labute approximate surface area is 129 Å². The lowest BCUT2D eigenvalue weighted by Gasteiger charge is -2.33. The van der Waals surface area contributed by atoms with E-state index in [-0.39, 0.29) is 0 Å². The summed E-state index contributed by atoms with van der Waals surface area (Å²) in [7, 11) is 0. The van der Waals surface area contributed by atoms with Crippen LogP contribution in [0.4, 0.5) is 0 Å². The van der Waals surface area contributed by atoms with Crippen LogP contribution in [0.5, 0.6) is 0 Å². The molecule has 0 saturated heterocycles. The molecule has 1 heteroatoms. The third-order valence-electron chi connectivity index (χ3n) is 6.07. The van der Waals surface area contributed by atoms with Gasteiger partial charge >= 0.3 is 0 Å².